The molecular formula is C36H24IrN4O-2. The van der Waals surface area contributed by atoms with E-state index >= 15 is 0 Å². The molecule has 4 aromatic carbocycles. The second-order valence-electron chi connectivity index (χ2n) is 9.59. The maximum atomic E-state index is 6.24. The average Bonchev–Trinajstić information content (AvgIpc) is 3.61. The van der Waals surface area contributed by atoms with Crippen LogP contribution < -0.4 is 0 Å². The zero-order valence-electron chi connectivity index (χ0n) is 22.7. The fourth-order valence-electron chi connectivity index (χ4n) is 4.97. The molecule has 0 saturated carbocycles. The molecule has 5 nitrogen and oxygen atoms in total. The van der Waals surface area contributed by atoms with Crippen molar-refractivity contribution in [3.63, 3.8) is 0 Å². The summed E-state index contributed by atoms with van der Waals surface area (Å²) in [7, 11) is 0. The Balaban J connectivity index is 0.000000205. The molecule has 0 fully saturated rings. The minimum Gasteiger partial charge on any atom is -0.501 e. The van der Waals surface area contributed by atoms with Gasteiger partial charge in [0.1, 0.15) is 5.58 Å². The third-order valence-corrected chi connectivity index (χ3v) is 6.87. The monoisotopic (exact) mass is 721 g/mol. The molecule has 4 heterocycles. The predicted octanol–water partition coefficient (Wildman–Crippen LogP) is 8.64. The Labute approximate surface area is 256 Å². The minimum absolute atomic E-state index is 0. The maximum Gasteiger partial charge on any atom is 0.155 e. The van der Waals surface area contributed by atoms with Crippen LogP contribution >= 0.6 is 0 Å². The summed E-state index contributed by atoms with van der Waals surface area (Å²) in [5.41, 5.74) is 8.12. The molecule has 0 N–H and O–H groups in total. The number of furan rings is 1. The molecule has 8 rings (SSSR count). The molecule has 4 aromatic heterocycles. The number of pyridine rings is 2. The number of rotatable bonds is 3. The van der Waals surface area contributed by atoms with E-state index in [2.05, 4.69) is 39.9 Å². The molecule has 0 aliphatic heterocycles. The van der Waals surface area contributed by atoms with Crippen molar-refractivity contribution >= 4 is 33.1 Å². The van der Waals surface area contributed by atoms with Gasteiger partial charge in [-0.25, -0.2) is 4.98 Å². The Morgan fingerprint density at radius 1 is 0.690 bits per heavy atom. The number of imidazole rings is 1. The molecule has 0 amide bonds. The average molecular weight is 721 g/mol. The third-order valence-electron chi connectivity index (χ3n) is 6.87. The molecule has 0 aliphatic rings. The normalized spacial score (nSPS) is 10.8. The van der Waals surface area contributed by atoms with Crippen LogP contribution in [0.2, 0.25) is 0 Å². The molecule has 1 radical (unpaired) electrons. The second kappa shape index (κ2) is 11.9. The van der Waals surface area contributed by atoms with E-state index in [1.54, 1.807) is 6.20 Å². The van der Waals surface area contributed by atoms with Crippen LogP contribution in [0.15, 0.2) is 132 Å². The van der Waals surface area contributed by atoms with Gasteiger partial charge in [-0.2, -0.15) is 0 Å². The zero-order chi connectivity index (χ0) is 27.6. The molecule has 0 atom stereocenters. The quantitative estimate of drug-likeness (QED) is 0.172. The van der Waals surface area contributed by atoms with Gasteiger partial charge in [0, 0.05) is 43.1 Å². The van der Waals surface area contributed by atoms with Crippen LogP contribution in [-0.2, 0) is 20.1 Å². The summed E-state index contributed by atoms with van der Waals surface area (Å²) in [6, 6.07) is 46.4. The van der Waals surface area contributed by atoms with Crippen LogP contribution in [0.4, 0.5) is 0 Å². The van der Waals surface area contributed by atoms with Crippen molar-refractivity contribution in [2.24, 2.45) is 0 Å². The van der Waals surface area contributed by atoms with E-state index in [4.69, 9.17) is 14.4 Å². The van der Waals surface area contributed by atoms with Gasteiger partial charge in [-0.3, -0.25) is 4.98 Å². The summed E-state index contributed by atoms with van der Waals surface area (Å²) in [5, 5.41) is 2.15. The van der Waals surface area contributed by atoms with Crippen LogP contribution in [0.1, 0.15) is 5.69 Å². The second-order valence-corrected chi connectivity index (χ2v) is 9.59. The molecule has 42 heavy (non-hydrogen) atoms. The first-order valence-electron chi connectivity index (χ1n) is 13.4. The molecule has 0 unspecified atom stereocenters. The fourth-order valence-corrected chi connectivity index (χ4v) is 4.97. The number of hydrogen-bond acceptors (Lipinski definition) is 4. The number of nitrogens with zero attached hydrogens (tertiary/aromatic N) is 4. The Morgan fingerprint density at radius 3 is 2.31 bits per heavy atom. The van der Waals surface area contributed by atoms with E-state index in [0.29, 0.717) is 0 Å². The summed E-state index contributed by atoms with van der Waals surface area (Å²) in [6.45, 7) is 1.99. The molecule has 0 aliphatic carbocycles. The van der Waals surface area contributed by atoms with E-state index < -0.39 is 0 Å². The smallest absolute Gasteiger partial charge is 0.155 e. The molecule has 0 bridgehead atoms. The number of aromatic nitrogens is 4. The van der Waals surface area contributed by atoms with E-state index in [0.717, 1.165) is 67.1 Å². The number of hydrogen-bond donors (Lipinski definition) is 0. The van der Waals surface area contributed by atoms with Gasteiger partial charge in [-0.05, 0) is 49.0 Å². The van der Waals surface area contributed by atoms with Gasteiger partial charge < -0.3 is 14.0 Å². The topological polar surface area (TPSA) is 56.7 Å². The molecule has 8 aromatic rings. The van der Waals surface area contributed by atoms with Gasteiger partial charge in [0.2, 0.25) is 0 Å². The Hall–Kier alpha value is -4.90. The van der Waals surface area contributed by atoms with Crippen molar-refractivity contribution in [3.05, 3.63) is 145 Å². The Kier molecular flexibility index (Phi) is 7.74. The molecule has 6 heteroatoms. The fraction of sp³-hybridized carbons (Fsp3) is 0.0278. The summed E-state index contributed by atoms with van der Waals surface area (Å²) in [6.07, 6.45) is 1.79. The van der Waals surface area contributed by atoms with Crippen LogP contribution in [0, 0.1) is 19.1 Å². The first kappa shape index (κ1) is 27.3. The largest absolute Gasteiger partial charge is 0.501 e. The molecule has 0 spiro atoms. The zero-order valence-corrected chi connectivity index (χ0v) is 25.0. The SMILES string of the molecule is Cc1ccc2nc(-c3[c-]ccc4c3oc3ccccc34)n(-c3ccccc3)c2n1.[Ir].[c-]1ccccc1-c1ccccn1. The van der Waals surface area contributed by atoms with Gasteiger partial charge >= 0.3 is 0 Å². The molecular weight excluding hydrogens is 697 g/mol. The van der Waals surface area contributed by atoms with E-state index in [-0.39, 0.29) is 20.1 Å². The van der Waals surface area contributed by atoms with Gasteiger partial charge in [-0.1, -0.05) is 59.5 Å². The first-order chi connectivity index (χ1) is 20.3. The Morgan fingerprint density at radius 2 is 1.50 bits per heavy atom. The van der Waals surface area contributed by atoms with Crippen molar-refractivity contribution in [1.82, 2.24) is 19.5 Å². The van der Waals surface area contributed by atoms with Crippen molar-refractivity contribution in [2.75, 3.05) is 0 Å². The van der Waals surface area contributed by atoms with Gasteiger partial charge in [0.25, 0.3) is 0 Å². The van der Waals surface area contributed by atoms with Gasteiger partial charge in [0.05, 0.1) is 16.9 Å². The van der Waals surface area contributed by atoms with E-state index in [1.165, 1.54) is 0 Å². The van der Waals surface area contributed by atoms with E-state index in [9.17, 15) is 0 Å². The number of benzene rings is 4. The summed E-state index contributed by atoms with van der Waals surface area (Å²) in [4.78, 5) is 13.9. The number of para-hydroxylation sites is 2. The van der Waals surface area contributed by atoms with Crippen molar-refractivity contribution in [1.29, 1.82) is 0 Å². The minimum atomic E-state index is 0. The number of aryl methyl sites for hydroxylation is 1. The van der Waals surface area contributed by atoms with E-state index in [1.807, 2.05) is 110 Å². The third kappa shape index (κ3) is 5.14. The predicted molar refractivity (Wildman–Crippen MR) is 164 cm³/mol. The standard InChI is InChI=1S/C25H16N3O.C11H8N.Ir/c1-16-14-15-21-25(26-16)28(17-8-3-2-4-9-17)24(27-21)20-12-7-11-19-18-10-5-6-13-22(18)29-23(19)20;1-2-6-10(7-3-1)11-8-4-5-9-12-11;/h2-11,13-15H,1H3;1-6,8-9H;/q2*-1;. The van der Waals surface area contributed by atoms with Crippen LogP contribution in [0.3, 0.4) is 0 Å². The van der Waals surface area contributed by atoms with Crippen LogP contribution in [0.25, 0.3) is 61.4 Å². The van der Waals surface area contributed by atoms with Crippen molar-refractivity contribution in [3.8, 4) is 28.3 Å². The first-order valence-corrected chi connectivity index (χ1v) is 13.4. The summed E-state index contributed by atoms with van der Waals surface area (Å²) < 4.78 is 8.33. The summed E-state index contributed by atoms with van der Waals surface area (Å²) in [5.74, 6) is 0.772. The summed E-state index contributed by atoms with van der Waals surface area (Å²) >= 11 is 0. The van der Waals surface area contributed by atoms with Crippen molar-refractivity contribution < 1.29 is 24.5 Å². The molecule has 205 valence electrons. The van der Waals surface area contributed by atoms with Crippen LogP contribution in [-0.4, -0.2) is 19.5 Å². The van der Waals surface area contributed by atoms with Crippen LogP contribution in [0.5, 0.6) is 0 Å². The Bertz CT molecular complexity index is 2070. The number of fused-ring (bicyclic) bond motifs is 4. The van der Waals surface area contributed by atoms with Crippen molar-refractivity contribution in [2.45, 2.75) is 6.92 Å². The van der Waals surface area contributed by atoms with Gasteiger partial charge in [-0.15, -0.1) is 54.1 Å². The van der Waals surface area contributed by atoms with Gasteiger partial charge in [0.15, 0.2) is 5.65 Å². The molecule has 0 saturated heterocycles. The maximum absolute atomic E-state index is 6.24.